The van der Waals surface area contributed by atoms with E-state index in [1.54, 1.807) is 0 Å². The van der Waals surface area contributed by atoms with Gasteiger partial charge in [0, 0.05) is 6.04 Å². The first kappa shape index (κ1) is 13.6. The predicted molar refractivity (Wildman–Crippen MR) is 58.7 cm³/mol. The standard InChI is InChI=1S/C12H17F3N2O/c1-8(12(13,14)15)18-7-11(6-16,9-2-3-9)17-10-4-5-10/h8-10,17H,2-5,7H2,1H3. The third-order valence-corrected chi connectivity index (χ3v) is 3.53. The number of hydrogen-bond donors (Lipinski definition) is 1. The van der Waals surface area contributed by atoms with Crippen molar-refractivity contribution in [3.63, 3.8) is 0 Å². The van der Waals surface area contributed by atoms with Crippen molar-refractivity contribution in [1.82, 2.24) is 5.32 Å². The van der Waals surface area contributed by atoms with Crippen molar-refractivity contribution in [3.05, 3.63) is 0 Å². The third kappa shape index (κ3) is 3.15. The fourth-order valence-corrected chi connectivity index (χ4v) is 1.95. The molecule has 2 atom stereocenters. The number of nitrogens with one attached hydrogen (secondary N) is 1. The van der Waals surface area contributed by atoms with Crippen LogP contribution in [0, 0.1) is 17.2 Å². The molecule has 6 heteroatoms. The van der Waals surface area contributed by atoms with Crippen LogP contribution in [0.1, 0.15) is 32.6 Å². The van der Waals surface area contributed by atoms with Crippen LogP contribution in [0.25, 0.3) is 0 Å². The average Bonchev–Trinajstić information content (AvgIpc) is 3.14. The van der Waals surface area contributed by atoms with Crippen molar-refractivity contribution in [3.8, 4) is 6.07 Å². The van der Waals surface area contributed by atoms with E-state index in [1.165, 1.54) is 0 Å². The summed E-state index contributed by atoms with van der Waals surface area (Å²) in [4.78, 5) is 0. The van der Waals surface area contributed by atoms with Crippen LogP contribution >= 0.6 is 0 Å². The summed E-state index contributed by atoms with van der Waals surface area (Å²) < 4.78 is 42.1. The first-order valence-electron chi connectivity index (χ1n) is 6.24. The van der Waals surface area contributed by atoms with Crippen LogP contribution in [0.15, 0.2) is 0 Å². The maximum atomic E-state index is 12.4. The Bertz CT molecular complexity index is 344. The molecule has 2 aliphatic rings. The summed E-state index contributed by atoms with van der Waals surface area (Å²) in [7, 11) is 0. The van der Waals surface area contributed by atoms with Gasteiger partial charge >= 0.3 is 6.18 Å². The predicted octanol–water partition coefficient (Wildman–Crippen LogP) is 2.38. The first-order chi connectivity index (χ1) is 8.37. The average molecular weight is 262 g/mol. The molecule has 1 N–H and O–H groups in total. The van der Waals surface area contributed by atoms with E-state index < -0.39 is 17.8 Å². The Hall–Kier alpha value is -0.800. The minimum Gasteiger partial charge on any atom is -0.366 e. The summed E-state index contributed by atoms with van der Waals surface area (Å²) in [5, 5.41) is 12.5. The van der Waals surface area contributed by atoms with Crippen LogP contribution in [-0.4, -0.2) is 30.5 Å². The number of hydrogen-bond acceptors (Lipinski definition) is 3. The van der Waals surface area contributed by atoms with Gasteiger partial charge in [0.15, 0.2) is 6.10 Å². The van der Waals surface area contributed by atoms with E-state index >= 15 is 0 Å². The zero-order valence-electron chi connectivity index (χ0n) is 10.3. The van der Waals surface area contributed by atoms with Gasteiger partial charge in [-0.1, -0.05) is 0 Å². The van der Waals surface area contributed by atoms with Gasteiger partial charge in [-0.15, -0.1) is 0 Å². The van der Waals surface area contributed by atoms with Gasteiger partial charge in [-0.05, 0) is 38.5 Å². The molecule has 0 aromatic carbocycles. The number of nitrogens with zero attached hydrogens (tertiary/aromatic N) is 1. The van der Waals surface area contributed by atoms with Gasteiger partial charge in [0.25, 0.3) is 0 Å². The van der Waals surface area contributed by atoms with E-state index in [2.05, 4.69) is 11.4 Å². The van der Waals surface area contributed by atoms with Crippen LogP contribution in [0.4, 0.5) is 13.2 Å². The zero-order valence-corrected chi connectivity index (χ0v) is 10.3. The third-order valence-electron chi connectivity index (χ3n) is 3.53. The van der Waals surface area contributed by atoms with Crippen molar-refractivity contribution >= 4 is 0 Å². The molecular weight excluding hydrogens is 245 g/mol. The molecule has 0 heterocycles. The molecule has 2 aliphatic carbocycles. The molecule has 2 rings (SSSR count). The smallest absolute Gasteiger partial charge is 0.366 e. The molecule has 102 valence electrons. The van der Waals surface area contributed by atoms with E-state index in [-0.39, 0.29) is 18.6 Å². The molecule has 2 unspecified atom stereocenters. The lowest BCUT2D eigenvalue weighted by Gasteiger charge is -2.30. The van der Waals surface area contributed by atoms with Crippen LogP contribution in [0.3, 0.4) is 0 Å². The second kappa shape index (κ2) is 4.71. The Morgan fingerprint density at radius 2 is 1.94 bits per heavy atom. The number of nitriles is 1. The Balaban J connectivity index is 1.95. The van der Waals surface area contributed by atoms with Crippen molar-refractivity contribution in [2.45, 2.75) is 56.5 Å². The van der Waals surface area contributed by atoms with E-state index in [0.717, 1.165) is 32.6 Å². The quantitative estimate of drug-likeness (QED) is 0.799. The Morgan fingerprint density at radius 3 is 2.33 bits per heavy atom. The zero-order chi connectivity index (χ0) is 13.4. The van der Waals surface area contributed by atoms with Crippen LogP contribution < -0.4 is 5.32 Å². The van der Waals surface area contributed by atoms with Gasteiger partial charge in [0.05, 0.1) is 12.7 Å². The molecule has 0 saturated heterocycles. The second-order valence-electron chi connectivity index (χ2n) is 5.27. The van der Waals surface area contributed by atoms with Crippen molar-refractivity contribution in [1.29, 1.82) is 5.26 Å². The van der Waals surface area contributed by atoms with Crippen LogP contribution in [0.5, 0.6) is 0 Å². The van der Waals surface area contributed by atoms with Gasteiger partial charge < -0.3 is 4.74 Å². The van der Waals surface area contributed by atoms with E-state index in [9.17, 15) is 18.4 Å². The highest BCUT2D eigenvalue weighted by Crippen LogP contribution is 2.42. The van der Waals surface area contributed by atoms with E-state index in [4.69, 9.17) is 4.74 Å². The van der Waals surface area contributed by atoms with Gasteiger partial charge in [0.2, 0.25) is 0 Å². The molecule has 0 aromatic rings. The van der Waals surface area contributed by atoms with E-state index in [1.807, 2.05) is 0 Å². The molecule has 0 aliphatic heterocycles. The summed E-state index contributed by atoms with van der Waals surface area (Å²) in [5.74, 6) is 0.128. The first-order valence-corrected chi connectivity index (χ1v) is 6.24. The minimum absolute atomic E-state index is 0.128. The van der Waals surface area contributed by atoms with E-state index in [0.29, 0.717) is 0 Å². The minimum atomic E-state index is -4.37. The van der Waals surface area contributed by atoms with Crippen molar-refractivity contribution < 1.29 is 17.9 Å². The highest BCUT2D eigenvalue weighted by atomic mass is 19.4. The Labute approximate surface area is 104 Å². The van der Waals surface area contributed by atoms with Crippen LogP contribution in [-0.2, 0) is 4.74 Å². The van der Waals surface area contributed by atoms with Gasteiger partial charge in [-0.2, -0.15) is 18.4 Å². The lowest BCUT2D eigenvalue weighted by atomic mass is 9.96. The summed E-state index contributed by atoms with van der Waals surface area (Å²) in [5.41, 5.74) is -0.930. The summed E-state index contributed by atoms with van der Waals surface area (Å²) in [6, 6.07) is 2.43. The van der Waals surface area contributed by atoms with Gasteiger partial charge in [0.1, 0.15) is 5.54 Å². The molecular formula is C12H17F3N2O. The normalized spacial score (nSPS) is 25.3. The van der Waals surface area contributed by atoms with Crippen molar-refractivity contribution in [2.24, 2.45) is 5.92 Å². The summed E-state index contributed by atoms with van der Waals surface area (Å²) in [6.07, 6.45) is -2.45. The molecule has 0 spiro atoms. The molecule has 0 bridgehead atoms. The molecule has 2 fully saturated rings. The summed E-state index contributed by atoms with van der Waals surface area (Å²) >= 11 is 0. The topological polar surface area (TPSA) is 45.0 Å². The lowest BCUT2D eigenvalue weighted by molar-refractivity contribution is -0.217. The maximum absolute atomic E-state index is 12.4. The van der Waals surface area contributed by atoms with Gasteiger partial charge in [-0.3, -0.25) is 5.32 Å². The fraction of sp³-hybridized carbons (Fsp3) is 0.917. The molecule has 0 aromatic heterocycles. The van der Waals surface area contributed by atoms with Gasteiger partial charge in [-0.25, -0.2) is 0 Å². The largest absolute Gasteiger partial charge is 0.414 e. The number of alkyl halides is 3. The summed E-state index contributed by atoms with van der Waals surface area (Å²) in [6.45, 7) is 0.789. The molecule has 2 saturated carbocycles. The monoisotopic (exact) mass is 262 g/mol. The van der Waals surface area contributed by atoms with Crippen molar-refractivity contribution in [2.75, 3.05) is 6.61 Å². The SMILES string of the molecule is CC(OCC(C#N)(NC1CC1)C1CC1)C(F)(F)F. The lowest BCUT2D eigenvalue weighted by Crippen LogP contribution is -2.52. The molecule has 18 heavy (non-hydrogen) atoms. The molecule has 0 radical (unpaired) electrons. The highest BCUT2D eigenvalue weighted by Gasteiger charge is 2.50. The van der Waals surface area contributed by atoms with Crippen LogP contribution in [0.2, 0.25) is 0 Å². The number of rotatable bonds is 6. The maximum Gasteiger partial charge on any atom is 0.414 e. The molecule has 3 nitrogen and oxygen atoms in total. The second-order valence-corrected chi connectivity index (χ2v) is 5.27. The Morgan fingerprint density at radius 1 is 1.33 bits per heavy atom. The molecule has 0 amide bonds. The number of halogens is 3. The Kier molecular flexibility index (Phi) is 3.56. The highest BCUT2D eigenvalue weighted by molar-refractivity contribution is 5.17. The number of ether oxygens (including phenoxy) is 1. The fourth-order valence-electron chi connectivity index (χ4n) is 1.95.